The number of carbonyl (C=O) groups excluding carboxylic acids is 1. The van der Waals surface area contributed by atoms with E-state index in [4.69, 9.17) is 4.74 Å². The molecule has 0 saturated heterocycles. The van der Waals surface area contributed by atoms with Gasteiger partial charge in [-0.3, -0.25) is 9.36 Å². The monoisotopic (exact) mass is 378 g/mol. The van der Waals surface area contributed by atoms with Crippen LogP contribution in [0, 0.1) is 0 Å². The highest BCUT2D eigenvalue weighted by Gasteiger charge is 2.46. The molecule has 0 aromatic rings. The van der Waals surface area contributed by atoms with E-state index in [2.05, 4.69) is 6.92 Å². The van der Waals surface area contributed by atoms with Crippen LogP contribution in [0.4, 0.5) is 0 Å². The zero-order valence-electron chi connectivity index (χ0n) is 16.5. The maximum absolute atomic E-state index is 12.0. The highest BCUT2D eigenvalue weighted by atomic mass is 31.2. The lowest BCUT2D eigenvalue weighted by Gasteiger charge is -2.32. The first-order chi connectivity index (χ1) is 11.8. The molecule has 6 heteroatoms. The SMILES string of the molecule is CCCCCCCCCCCCC(CC)(CC(=O)OCC)P(=O)(O)O. The van der Waals surface area contributed by atoms with E-state index in [1.54, 1.807) is 13.8 Å². The topological polar surface area (TPSA) is 83.8 Å². The predicted octanol–water partition coefficient (Wildman–Crippen LogP) is 5.58. The number of hydrogen-bond acceptors (Lipinski definition) is 3. The lowest BCUT2D eigenvalue weighted by Crippen LogP contribution is -2.32. The van der Waals surface area contributed by atoms with Crippen molar-refractivity contribution in [3.8, 4) is 0 Å². The zero-order valence-corrected chi connectivity index (χ0v) is 17.4. The van der Waals surface area contributed by atoms with Gasteiger partial charge in [0.25, 0.3) is 0 Å². The molecular weight excluding hydrogens is 339 g/mol. The van der Waals surface area contributed by atoms with Crippen LogP contribution in [0.3, 0.4) is 0 Å². The van der Waals surface area contributed by atoms with Crippen molar-refractivity contribution in [1.82, 2.24) is 0 Å². The number of ether oxygens (including phenoxy) is 1. The highest BCUT2D eigenvalue weighted by molar-refractivity contribution is 7.53. The second kappa shape index (κ2) is 13.8. The molecule has 25 heavy (non-hydrogen) atoms. The van der Waals surface area contributed by atoms with Gasteiger partial charge in [-0.1, -0.05) is 78.1 Å². The Morgan fingerprint density at radius 1 is 0.880 bits per heavy atom. The van der Waals surface area contributed by atoms with Gasteiger partial charge >= 0.3 is 13.6 Å². The number of carbonyl (C=O) groups is 1. The van der Waals surface area contributed by atoms with Crippen LogP contribution in [-0.2, 0) is 14.1 Å². The van der Waals surface area contributed by atoms with Crippen LogP contribution in [0.1, 0.15) is 104 Å². The van der Waals surface area contributed by atoms with Gasteiger partial charge in [-0.05, 0) is 19.8 Å². The summed E-state index contributed by atoms with van der Waals surface area (Å²) < 4.78 is 16.9. The molecule has 0 aliphatic rings. The van der Waals surface area contributed by atoms with Crippen LogP contribution in [0.5, 0.6) is 0 Å². The first kappa shape index (κ1) is 24.6. The fourth-order valence-corrected chi connectivity index (χ4v) is 4.46. The van der Waals surface area contributed by atoms with Gasteiger partial charge in [-0.2, -0.15) is 0 Å². The molecule has 150 valence electrons. The molecule has 2 N–H and O–H groups in total. The lowest BCUT2D eigenvalue weighted by atomic mass is 9.93. The van der Waals surface area contributed by atoms with E-state index in [0.717, 1.165) is 19.3 Å². The fourth-order valence-electron chi connectivity index (χ4n) is 3.27. The molecule has 0 aromatic heterocycles. The molecule has 1 atom stereocenters. The fraction of sp³-hybridized carbons (Fsp3) is 0.947. The van der Waals surface area contributed by atoms with Crippen molar-refractivity contribution in [1.29, 1.82) is 0 Å². The Labute approximate surface area is 154 Å². The van der Waals surface area contributed by atoms with Crippen molar-refractivity contribution in [2.24, 2.45) is 0 Å². The summed E-state index contributed by atoms with van der Waals surface area (Å²) in [6.45, 7) is 5.90. The molecule has 5 nitrogen and oxygen atoms in total. The average molecular weight is 378 g/mol. The standard InChI is InChI=1S/C19H39O5P/c1-4-7-8-9-10-11-12-13-14-15-16-19(5-2,25(21,22)23)17-18(20)24-6-3/h4-17H2,1-3H3,(H2,21,22,23). The van der Waals surface area contributed by atoms with Crippen molar-refractivity contribution in [2.75, 3.05) is 6.61 Å². The van der Waals surface area contributed by atoms with E-state index in [-0.39, 0.29) is 19.4 Å². The Bertz CT molecular complexity index is 393. The molecule has 1 unspecified atom stereocenters. The minimum atomic E-state index is -4.36. The van der Waals surface area contributed by atoms with Gasteiger partial charge in [-0.15, -0.1) is 0 Å². The largest absolute Gasteiger partial charge is 0.466 e. The number of hydrogen-bond donors (Lipinski definition) is 2. The number of rotatable bonds is 16. The van der Waals surface area contributed by atoms with Gasteiger partial charge in [0.05, 0.1) is 18.2 Å². The van der Waals surface area contributed by atoms with Crippen LogP contribution < -0.4 is 0 Å². The van der Waals surface area contributed by atoms with Gasteiger partial charge in [0, 0.05) is 0 Å². The van der Waals surface area contributed by atoms with Gasteiger partial charge in [-0.25, -0.2) is 0 Å². The summed E-state index contributed by atoms with van der Waals surface area (Å²) in [5.74, 6) is -0.514. The molecule has 0 aliphatic carbocycles. The first-order valence-corrected chi connectivity index (χ1v) is 11.7. The Morgan fingerprint density at radius 3 is 1.76 bits per heavy atom. The van der Waals surface area contributed by atoms with Crippen LogP contribution in [0.2, 0.25) is 0 Å². The van der Waals surface area contributed by atoms with E-state index in [1.165, 1.54) is 44.9 Å². The van der Waals surface area contributed by atoms with Gasteiger partial charge in [0.15, 0.2) is 0 Å². The number of esters is 1. The van der Waals surface area contributed by atoms with Crippen molar-refractivity contribution >= 4 is 13.6 Å². The Kier molecular flexibility index (Phi) is 13.6. The third-order valence-electron chi connectivity index (χ3n) is 5.05. The molecule has 0 spiro atoms. The summed E-state index contributed by atoms with van der Waals surface area (Å²) in [6, 6.07) is 0. The Morgan fingerprint density at radius 2 is 1.36 bits per heavy atom. The van der Waals surface area contributed by atoms with Crippen molar-refractivity contribution in [3.63, 3.8) is 0 Å². The Balaban J connectivity index is 4.19. The molecule has 0 heterocycles. The quantitative estimate of drug-likeness (QED) is 0.208. The van der Waals surface area contributed by atoms with Crippen LogP contribution in [0.25, 0.3) is 0 Å². The summed E-state index contributed by atoms with van der Waals surface area (Å²) in [5, 5.41) is -1.26. The summed E-state index contributed by atoms with van der Waals surface area (Å²) in [7, 11) is -4.36. The third kappa shape index (κ3) is 10.4. The van der Waals surface area contributed by atoms with Crippen molar-refractivity contribution in [2.45, 2.75) is 109 Å². The molecule has 0 amide bonds. The van der Waals surface area contributed by atoms with E-state index in [9.17, 15) is 19.1 Å². The number of unbranched alkanes of at least 4 members (excludes halogenated alkanes) is 9. The maximum Gasteiger partial charge on any atom is 0.332 e. The van der Waals surface area contributed by atoms with Crippen molar-refractivity contribution in [3.05, 3.63) is 0 Å². The van der Waals surface area contributed by atoms with E-state index in [1.807, 2.05) is 0 Å². The first-order valence-electron chi connectivity index (χ1n) is 10.0. The molecule has 0 aromatic carbocycles. The summed E-state index contributed by atoms with van der Waals surface area (Å²) in [4.78, 5) is 31.4. The van der Waals surface area contributed by atoms with E-state index in [0.29, 0.717) is 6.42 Å². The normalized spacial score (nSPS) is 14.3. The zero-order chi connectivity index (χ0) is 19.2. The summed E-state index contributed by atoms with van der Waals surface area (Å²) >= 11 is 0. The van der Waals surface area contributed by atoms with Crippen LogP contribution >= 0.6 is 7.60 Å². The predicted molar refractivity (Wildman–Crippen MR) is 103 cm³/mol. The minimum Gasteiger partial charge on any atom is -0.466 e. The lowest BCUT2D eigenvalue weighted by molar-refractivity contribution is -0.144. The van der Waals surface area contributed by atoms with Crippen LogP contribution in [-0.4, -0.2) is 27.5 Å². The van der Waals surface area contributed by atoms with Crippen LogP contribution in [0.15, 0.2) is 0 Å². The summed E-state index contributed by atoms with van der Waals surface area (Å²) in [5.41, 5.74) is 0. The minimum absolute atomic E-state index is 0.195. The molecule has 0 fully saturated rings. The molecule has 0 rings (SSSR count). The second-order valence-corrected chi connectivity index (χ2v) is 9.07. The highest BCUT2D eigenvalue weighted by Crippen LogP contribution is 2.57. The smallest absolute Gasteiger partial charge is 0.332 e. The molecular formula is C19H39O5P. The second-order valence-electron chi connectivity index (χ2n) is 7.04. The molecule has 0 saturated carbocycles. The average Bonchev–Trinajstić information content (AvgIpc) is 2.54. The van der Waals surface area contributed by atoms with Gasteiger partial charge < -0.3 is 14.5 Å². The van der Waals surface area contributed by atoms with E-state index < -0.39 is 18.7 Å². The van der Waals surface area contributed by atoms with Gasteiger partial charge in [0.2, 0.25) is 0 Å². The third-order valence-corrected chi connectivity index (χ3v) is 6.98. The Hall–Kier alpha value is -0.380. The molecule has 0 bridgehead atoms. The maximum atomic E-state index is 12.0. The van der Waals surface area contributed by atoms with E-state index >= 15 is 0 Å². The summed E-state index contributed by atoms with van der Waals surface area (Å²) in [6.07, 6.45) is 12.2. The van der Waals surface area contributed by atoms with Crippen molar-refractivity contribution < 1.29 is 23.9 Å². The van der Waals surface area contributed by atoms with Gasteiger partial charge in [0.1, 0.15) is 0 Å². The molecule has 0 aliphatic heterocycles. The molecule has 0 radical (unpaired) electrons.